The number of carbonyl (C=O) groups excluding carboxylic acids is 1. The number of hydrogen-bond donors (Lipinski definition) is 1. The van der Waals surface area contributed by atoms with Crippen LogP contribution in [0.2, 0.25) is 0 Å². The van der Waals surface area contributed by atoms with Gasteiger partial charge in [0.1, 0.15) is 10.0 Å². The molecule has 2 aromatic heterocycles. The second kappa shape index (κ2) is 9.77. The fraction of sp³-hybridized carbons (Fsp3) is 0.308. The molecule has 1 aliphatic rings. The number of nitrogens with zero attached hydrogens (tertiary/aromatic N) is 1. The van der Waals surface area contributed by atoms with E-state index in [0.29, 0.717) is 6.42 Å². The van der Waals surface area contributed by atoms with Crippen LogP contribution < -0.4 is 5.32 Å². The van der Waals surface area contributed by atoms with Gasteiger partial charge in [-0.2, -0.15) is 0 Å². The SMILES string of the molecule is Cc1ccc(SCCCC(=O)Nc2sc3c(c2-c2nc4ccccc4s2)CCCC3)cc1. The van der Waals surface area contributed by atoms with Gasteiger partial charge >= 0.3 is 0 Å². The fourth-order valence-electron chi connectivity index (χ4n) is 4.11. The first-order valence-corrected chi connectivity index (χ1v) is 13.8. The Kier molecular flexibility index (Phi) is 6.62. The van der Waals surface area contributed by atoms with E-state index in [-0.39, 0.29) is 5.91 Å². The van der Waals surface area contributed by atoms with Crippen molar-refractivity contribution in [3.63, 3.8) is 0 Å². The van der Waals surface area contributed by atoms with Gasteiger partial charge in [-0.1, -0.05) is 29.8 Å². The monoisotopic (exact) mass is 478 g/mol. The molecule has 3 nitrogen and oxygen atoms in total. The van der Waals surface area contributed by atoms with E-state index >= 15 is 0 Å². The summed E-state index contributed by atoms with van der Waals surface area (Å²) in [6, 6.07) is 16.9. The molecule has 1 amide bonds. The number of fused-ring (bicyclic) bond motifs is 2. The Morgan fingerprint density at radius 2 is 1.88 bits per heavy atom. The van der Waals surface area contributed by atoms with Gasteiger partial charge in [0, 0.05) is 21.8 Å². The van der Waals surface area contributed by atoms with E-state index in [1.807, 2.05) is 17.8 Å². The van der Waals surface area contributed by atoms with Crippen LogP contribution in [0.1, 0.15) is 41.7 Å². The molecule has 164 valence electrons. The average Bonchev–Trinajstić information content (AvgIpc) is 3.38. The van der Waals surface area contributed by atoms with Crippen molar-refractivity contribution in [2.75, 3.05) is 11.1 Å². The van der Waals surface area contributed by atoms with Crippen LogP contribution in [0.5, 0.6) is 0 Å². The molecule has 32 heavy (non-hydrogen) atoms. The maximum Gasteiger partial charge on any atom is 0.225 e. The van der Waals surface area contributed by atoms with Crippen LogP contribution in [0.4, 0.5) is 5.00 Å². The number of para-hydroxylation sites is 1. The lowest BCUT2D eigenvalue weighted by Gasteiger charge is -2.11. The predicted molar refractivity (Wildman–Crippen MR) is 139 cm³/mol. The van der Waals surface area contributed by atoms with E-state index in [9.17, 15) is 4.79 Å². The van der Waals surface area contributed by atoms with Crippen molar-refractivity contribution >= 4 is 55.6 Å². The molecule has 0 radical (unpaired) electrons. The predicted octanol–water partition coefficient (Wildman–Crippen LogP) is 7.72. The van der Waals surface area contributed by atoms with E-state index < -0.39 is 0 Å². The zero-order chi connectivity index (χ0) is 21.9. The van der Waals surface area contributed by atoms with Gasteiger partial charge in [0.25, 0.3) is 0 Å². The highest BCUT2D eigenvalue weighted by Crippen LogP contribution is 2.46. The van der Waals surface area contributed by atoms with Crippen LogP contribution in [0, 0.1) is 6.92 Å². The lowest BCUT2D eigenvalue weighted by Crippen LogP contribution is -2.11. The highest BCUT2D eigenvalue weighted by Gasteiger charge is 2.25. The molecule has 0 fully saturated rings. The molecular formula is C26H26N2OS3. The molecule has 5 rings (SSSR count). The second-order valence-corrected chi connectivity index (χ2v) is 11.5. The van der Waals surface area contributed by atoms with Crippen molar-refractivity contribution < 1.29 is 4.79 Å². The minimum absolute atomic E-state index is 0.107. The molecule has 2 heterocycles. The third-order valence-electron chi connectivity index (χ3n) is 5.77. The number of thiophene rings is 1. The molecule has 0 spiro atoms. The number of amides is 1. The summed E-state index contributed by atoms with van der Waals surface area (Å²) in [5.74, 6) is 1.05. The van der Waals surface area contributed by atoms with Gasteiger partial charge in [0.05, 0.1) is 10.2 Å². The molecule has 0 atom stereocenters. The minimum Gasteiger partial charge on any atom is -0.317 e. The Hall–Kier alpha value is -2.15. The Labute approximate surface area is 201 Å². The molecule has 1 aliphatic carbocycles. The van der Waals surface area contributed by atoms with Gasteiger partial charge in [-0.05, 0) is 74.6 Å². The summed E-state index contributed by atoms with van der Waals surface area (Å²) in [6.45, 7) is 2.10. The number of hydrogen-bond acceptors (Lipinski definition) is 5. The quantitative estimate of drug-likeness (QED) is 0.218. The van der Waals surface area contributed by atoms with Crippen molar-refractivity contribution in [1.29, 1.82) is 0 Å². The average molecular weight is 479 g/mol. The Bertz CT molecular complexity index is 1210. The van der Waals surface area contributed by atoms with Gasteiger partial charge in [-0.15, -0.1) is 34.4 Å². The third-order valence-corrected chi connectivity index (χ3v) is 9.13. The van der Waals surface area contributed by atoms with Crippen LogP contribution >= 0.6 is 34.4 Å². The summed E-state index contributed by atoms with van der Waals surface area (Å²) in [7, 11) is 0. The van der Waals surface area contributed by atoms with Crippen LogP contribution in [0.15, 0.2) is 53.4 Å². The van der Waals surface area contributed by atoms with Crippen molar-refractivity contribution in [2.45, 2.75) is 50.3 Å². The fourth-order valence-corrected chi connectivity index (χ4v) is 7.37. The van der Waals surface area contributed by atoms with Crippen LogP contribution in [0.25, 0.3) is 20.8 Å². The molecule has 2 aromatic carbocycles. The van der Waals surface area contributed by atoms with E-state index in [4.69, 9.17) is 4.98 Å². The second-order valence-electron chi connectivity index (χ2n) is 8.22. The van der Waals surface area contributed by atoms with E-state index in [0.717, 1.165) is 40.5 Å². The summed E-state index contributed by atoms with van der Waals surface area (Å²) >= 11 is 5.31. The number of aromatic nitrogens is 1. The van der Waals surface area contributed by atoms with Gasteiger partial charge in [0.2, 0.25) is 5.91 Å². The number of aryl methyl sites for hydroxylation is 2. The van der Waals surface area contributed by atoms with E-state index in [2.05, 4.69) is 54.7 Å². The zero-order valence-corrected chi connectivity index (χ0v) is 20.6. The molecule has 4 aromatic rings. The molecule has 0 unspecified atom stereocenters. The lowest BCUT2D eigenvalue weighted by molar-refractivity contribution is -0.116. The maximum atomic E-state index is 12.8. The molecule has 0 saturated carbocycles. The molecule has 0 bridgehead atoms. The first-order valence-electron chi connectivity index (χ1n) is 11.2. The number of benzene rings is 2. The third kappa shape index (κ3) is 4.77. The topological polar surface area (TPSA) is 42.0 Å². The molecule has 0 aliphatic heterocycles. The molecule has 1 N–H and O–H groups in total. The highest BCUT2D eigenvalue weighted by molar-refractivity contribution is 7.99. The van der Waals surface area contributed by atoms with Crippen LogP contribution in [0.3, 0.4) is 0 Å². The Morgan fingerprint density at radius 3 is 2.72 bits per heavy atom. The number of thioether (sulfide) groups is 1. The van der Waals surface area contributed by atoms with Crippen molar-refractivity contribution in [2.24, 2.45) is 0 Å². The number of thiazole rings is 1. The summed E-state index contributed by atoms with van der Waals surface area (Å²) in [5.41, 5.74) is 4.89. The molecular weight excluding hydrogens is 453 g/mol. The molecule has 6 heteroatoms. The first-order chi connectivity index (χ1) is 15.7. The minimum atomic E-state index is 0.107. The summed E-state index contributed by atoms with van der Waals surface area (Å²) in [5, 5.41) is 5.28. The number of rotatable bonds is 7. The van der Waals surface area contributed by atoms with Crippen LogP contribution in [-0.4, -0.2) is 16.6 Å². The van der Waals surface area contributed by atoms with Crippen molar-refractivity contribution in [3.8, 4) is 10.6 Å². The smallest absolute Gasteiger partial charge is 0.225 e. The normalized spacial score (nSPS) is 13.3. The van der Waals surface area contributed by atoms with E-state index in [1.165, 1.54) is 44.0 Å². The summed E-state index contributed by atoms with van der Waals surface area (Å²) in [4.78, 5) is 20.4. The zero-order valence-electron chi connectivity index (χ0n) is 18.1. The number of nitrogens with one attached hydrogen (secondary N) is 1. The summed E-state index contributed by atoms with van der Waals surface area (Å²) < 4.78 is 1.20. The van der Waals surface area contributed by atoms with Crippen molar-refractivity contribution in [3.05, 3.63) is 64.5 Å². The van der Waals surface area contributed by atoms with Gasteiger partial charge in [-0.25, -0.2) is 4.98 Å². The number of anilines is 1. The standard InChI is InChI=1S/C26H26N2OS3/c1-17-12-14-18(15-13-17)30-16-6-11-23(29)28-26-24(19-7-2-4-9-21(19)31-26)25-27-20-8-3-5-10-22(20)32-25/h3,5,8,10,12-15H,2,4,6-7,9,11,16H2,1H3,(H,28,29). The number of carbonyl (C=O) groups is 1. The Morgan fingerprint density at radius 1 is 1.06 bits per heavy atom. The van der Waals surface area contributed by atoms with Gasteiger partial charge in [0.15, 0.2) is 0 Å². The summed E-state index contributed by atoms with van der Waals surface area (Å²) in [6.07, 6.45) is 6.05. The van der Waals surface area contributed by atoms with Crippen molar-refractivity contribution in [1.82, 2.24) is 4.98 Å². The lowest BCUT2D eigenvalue weighted by atomic mass is 9.96. The molecule has 0 saturated heterocycles. The van der Waals surface area contributed by atoms with E-state index in [1.54, 1.807) is 22.7 Å². The maximum absolute atomic E-state index is 12.8. The largest absolute Gasteiger partial charge is 0.317 e. The van der Waals surface area contributed by atoms with Crippen LogP contribution in [-0.2, 0) is 17.6 Å². The Balaban J connectivity index is 1.29. The van der Waals surface area contributed by atoms with Gasteiger partial charge in [-0.3, -0.25) is 4.79 Å². The van der Waals surface area contributed by atoms with Gasteiger partial charge < -0.3 is 5.32 Å². The highest BCUT2D eigenvalue weighted by atomic mass is 32.2. The first kappa shape index (κ1) is 21.7.